The van der Waals surface area contributed by atoms with Gasteiger partial charge < -0.3 is 9.29 Å². The van der Waals surface area contributed by atoms with Gasteiger partial charge in [0.2, 0.25) is 0 Å². The molecule has 0 aliphatic carbocycles. The number of rotatable bonds is 7. The second-order valence-corrected chi connectivity index (χ2v) is 9.11. The summed E-state index contributed by atoms with van der Waals surface area (Å²) in [7, 11) is 0. The predicted octanol–water partition coefficient (Wildman–Crippen LogP) is 5.88. The maximum absolute atomic E-state index is 13.7. The van der Waals surface area contributed by atoms with Crippen LogP contribution in [-0.2, 0) is 16.8 Å². The largest absolute Gasteiger partial charge is 0.772 e. The maximum atomic E-state index is 13.7. The molecule has 4 aromatic carbocycles. The monoisotopic (exact) mass is 511 g/mol. The molecule has 5 aromatic rings. The molecule has 8 heteroatoms. The summed E-state index contributed by atoms with van der Waals surface area (Å²) in [5.74, 6) is 0.789. The quantitative estimate of drug-likeness (QED) is 0.255. The van der Waals surface area contributed by atoms with Crippen molar-refractivity contribution in [1.82, 2.24) is 9.78 Å². The van der Waals surface area contributed by atoms with Crippen LogP contribution in [-0.4, -0.2) is 18.5 Å². The van der Waals surface area contributed by atoms with Gasteiger partial charge in [-0.2, -0.15) is 9.78 Å². The van der Waals surface area contributed by atoms with Gasteiger partial charge in [0.25, 0.3) is 5.56 Å². The van der Waals surface area contributed by atoms with Crippen LogP contribution < -0.4 is 10.3 Å². The summed E-state index contributed by atoms with van der Waals surface area (Å²) in [5, 5.41) is 4.40. The Hall–Kier alpha value is -4.40. The summed E-state index contributed by atoms with van der Waals surface area (Å²) < 4.78 is 42.8. The molecule has 184 valence electrons. The van der Waals surface area contributed by atoms with Crippen LogP contribution >= 0.6 is 0 Å². The fourth-order valence-corrected chi connectivity index (χ4v) is 4.41. The molecule has 5 rings (SSSR count). The van der Waals surface area contributed by atoms with Gasteiger partial charge in [-0.15, -0.1) is 0 Å². The average molecular weight is 512 g/mol. The van der Waals surface area contributed by atoms with Gasteiger partial charge in [-0.1, -0.05) is 65.7 Å². The van der Waals surface area contributed by atoms with Crippen LogP contribution in [0.4, 0.5) is 4.39 Å². The first kappa shape index (κ1) is 24.3. The number of benzene rings is 4. The van der Waals surface area contributed by atoms with Crippen LogP contribution in [0.15, 0.2) is 114 Å². The first-order valence-corrected chi connectivity index (χ1v) is 12.6. The van der Waals surface area contributed by atoms with Crippen molar-refractivity contribution in [2.24, 2.45) is 0 Å². The summed E-state index contributed by atoms with van der Waals surface area (Å²) in [5.41, 5.74) is 2.89. The molecule has 1 unspecified atom stereocenters. The minimum atomic E-state index is -2.21. The van der Waals surface area contributed by atoms with Gasteiger partial charge in [0, 0.05) is 11.3 Å². The van der Waals surface area contributed by atoms with E-state index < -0.39 is 16.9 Å². The Bertz CT molecular complexity index is 1600. The van der Waals surface area contributed by atoms with Crippen LogP contribution in [0.5, 0.6) is 11.5 Å². The highest BCUT2D eigenvalue weighted by molar-refractivity contribution is 7.78. The highest BCUT2D eigenvalue weighted by Crippen LogP contribution is 2.30. The number of hydrogen-bond donors (Lipinski definition) is 0. The summed E-state index contributed by atoms with van der Waals surface area (Å²) >= 11 is -2.21. The van der Waals surface area contributed by atoms with Gasteiger partial charge in [0.15, 0.2) is 0 Å². The highest BCUT2D eigenvalue weighted by Gasteiger charge is 2.16. The number of aromatic nitrogens is 2. The van der Waals surface area contributed by atoms with Crippen molar-refractivity contribution in [2.45, 2.75) is 5.75 Å². The minimum absolute atomic E-state index is 0.102. The van der Waals surface area contributed by atoms with Crippen molar-refractivity contribution in [3.8, 4) is 39.4 Å². The lowest BCUT2D eigenvalue weighted by Gasteiger charge is -2.14. The molecule has 0 aliphatic rings. The van der Waals surface area contributed by atoms with Crippen LogP contribution in [0.3, 0.4) is 0 Å². The maximum Gasteiger partial charge on any atom is 0.279 e. The van der Waals surface area contributed by atoms with E-state index in [0.717, 1.165) is 0 Å². The molecule has 0 saturated heterocycles. The highest BCUT2D eigenvalue weighted by atomic mass is 32.2. The number of halogens is 1. The van der Waals surface area contributed by atoms with Crippen LogP contribution in [0.2, 0.25) is 0 Å². The van der Waals surface area contributed by atoms with E-state index >= 15 is 0 Å². The van der Waals surface area contributed by atoms with E-state index in [1.54, 1.807) is 66.9 Å². The van der Waals surface area contributed by atoms with Crippen LogP contribution in [0, 0.1) is 5.82 Å². The molecule has 1 atom stereocenters. The zero-order valence-corrected chi connectivity index (χ0v) is 20.2. The van der Waals surface area contributed by atoms with E-state index in [2.05, 4.69) is 5.10 Å². The van der Waals surface area contributed by atoms with E-state index in [1.807, 2.05) is 30.3 Å². The molecule has 0 bridgehead atoms. The van der Waals surface area contributed by atoms with Crippen molar-refractivity contribution in [3.63, 3.8) is 0 Å². The molecule has 0 aliphatic heterocycles. The molecule has 0 spiro atoms. The van der Waals surface area contributed by atoms with Gasteiger partial charge in [-0.25, -0.2) is 4.39 Å². The number of hydrogen-bond acceptors (Lipinski definition) is 5. The number of para-hydroxylation sites is 1. The van der Waals surface area contributed by atoms with Gasteiger partial charge >= 0.3 is 0 Å². The SMILES string of the molecule is O=c1c(-c2ccc(F)cc2)c(-c2ccc(CS(=O)[O-])cc2)cnn1-c1ccc(Oc2ccccc2)cc1. The van der Waals surface area contributed by atoms with Crippen molar-refractivity contribution in [2.75, 3.05) is 0 Å². The van der Waals surface area contributed by atoms with Crippen molar-refractivity contribution in [1.29, 1.82) is 0 Å². The zero-order chi connectivity index (χ0) is 25.8. The summed E-state index contributed by atoms with van der Waals surface area (Å²) in [6.45, 7) is 0. The van der Waals surface area contributed by atoms with Crippen molar-refractivity contribution >= 4 is 11.1 Å². The number of nitrogens with zero attached hydrogens (tertiary/aromatic N) is 2. The van der Waals surface area contributed by atoms with Gasteiger partial charge in [0.1, 0.15) is 17.3 Å². The lowest BCUT2D eigenvalue weighted by atomic mass is 9.96. The third-order valence-corrected chi connectivity index (χ3v) is 6.29. The fourth-order valence-electron chi connectivity index (χ4n) is 3.95. The Morgan fingerprint density at radius 3 is 2.08 bits per heavy atom. The van der Waals surface area contributed by atoms with Gasteiger partial charge in [-0.05, 0) is 65.2 Å². The molecular weight excluding hydrogens is 491 g/mol. The van der Waals surface area contributed by atoms with Crippen LogP contribution in [0.1, 0.15) is 5.56 Å². The van der Waals surface area contributed by atoms with E-state index in [1.165, 1.54) is 16.8 Å². The van der Waals surface area contributed by atoms with Crippen molar-refractivity contribution < 1.29 is 17.9 Å². The Balaban J connectivity index is 1.56. The van der Waals surface area contributed by atoms with Crippen molar-refractivity contribution in [3.05, 3.63) is 131 Å². The molecule has 0 amide bonds. The second kappa shape index (κ2) is 10.7. The molecule has 0 fully saturated rings. The third kappa shape index (κ3) is 5.55. The molecule has 1 aromatic heterocycles. The lowest BCUT2D eigenvalue weighted by molar-refractivity contribution is 0.482. The molecule has 1 heterocycles. The second-order valence-electron chi connectivity index (χ2n) is 8.21. The zero-order valence-electron chi connectivity index (χ0n) is 19.4. The van der Waals surface area contributed by atoms with E-state index in [0.29, 0.717) is 45.0 Å². The average Bonchev–Trinajstić information content (AvgIpc) is 2.91. The Labute approximate surface area is 214 Å². The number of ether oxygens (including phenoxy) is 1. The Morgan fingerprint density at radius 2 is 1.43 bits per heavy atom. The first-order chi connectivity index (χ1) is 18.0. The van der Waals surface area contributed by atoms with E-state index in [9.17, 15) is 17.9 Å². The van der Waals surface area contributed by atoms with E-state index in [-0.39, 0.29) is 11.3 Å². The molecule has 0 radical (unpaired) electrons. The molecular formula is C29H20FN2O4S-. The summed E-state index contributed by atoms with van der Waals surface area (Å²) in [6, 6.07) is 28.9. The summed E-state index contributed by atoms with van der Waals surface area (Å²) in [6.07, 6.45) is 1.58. The fraction of sp³-hybridized carbons (Fsp3) is 0.0345. The standard InChI is InChI=1S/C29H21FN2O4S/c30-23-12-10-22(11-13-23)28-27(21-8-6-20(7-9-21)19-37(34)35)18-31-32(29(28)33)24-14-16-26(17-15-24)36-25-4-2-1-3-5-25/h1-18H,19H2,(H,34,35)/p-1. The minimum Gasteiger partial charge on any atom is -0.772 e. The van der Waals surface area contributed by atoms with E-state index in [4.69, 9.17) is 4.74 Å². The predicted molar refractivity (Wildman–Crippen MR) is 140 cm³/mol. The molecule has 0 saturated carbocycles. The van der Waals surface area contributed by atoms with Crippen LogP contribution in [0.25, 0.3) is 27.9 Å². The first-order valence-electron chi connectivity index (χ1n) is 11.3. The molecule has 37 heavy (non-hydrogen) atoms. The topological polar surface area (TPSA) is 84.3 Å². The molecule has 0 N–H and O–H groups in total. The van der Waals surface area contributed by atoms with Gasteiger partial charge in [-0.3, -0.25) is 9.00 Å². The Kier molecular flexibility index (Phi) is 7.02. The van der Waals surface area contributed by atoms with Gasteiger partial charge in [0.05, 0.1) is 17.4 Å². The lowest BCUT2D eigenvalue weighted by Crippen LogP contribution is -2.23. The summed E-state index contributed by atoms with van der Waals surface area (Å²) in [4.78, 5) is 13.7. The third-order valence-electron chi connectivity index (χ3n) is 5.72. The normalized spacial score (nSPS) is 11.7. The molecule has 6 nitrogen and oxygen atoms in total. The smallest absolute Gasteiger partial charge is 0.279 e. The Morgan fingerprint density at radius 1 is 0.811 bits per heavy atom.